The van der Waals surface area contributed by atoms with E-state index in [0.717, 1.165) is 5.92 Å². The molecule has 0 aliphatic rings. The lowest BCUT2D eigenvalue weighted by Gasteiger charge is -2.17. The lowest BCUT2D eigenvalue weighted by molar-refractivity contribution is -0.384. The van der Waals surface area contributed by atoms with Gasteiger partial charge in [-0.25, -0.2) is 0 Å². The molecule has 0 bridgehead atoms. The smallest absolute Gasteiger partial charge is 0.273 e. The Bertz CT molecular complexity index is 349. The Morgan fingerprint density at radius 1 is 1.47 bits per heavy atom. The molecule has 0 aromatic heterocycles. The van der Waals surface area contributed by atoms with Crippen molar-refractivity contribution in [3.05, 3.63) is 40.3 Å². The molecule has 15 heavy (non-hydrogen) atoms. The van der Waals surface area contributed by atoms with Crippen LogP contribution in [0.3, 0.4) is 0 Å². The molecule has 0 amide bonds. The van der Waals surface area contributed by atoms with Gasteiger partial charge in [-0.1, -0.05) is 19.9 Å². The third-order valence-corrected chi connectivity index (χ3v) is 2.15. The van der Waals surface area contributed by atoms with Gasteiger partial charge in [-0.2, -0.15) is 0 Å². The van der Waals surface area contributed by atoms with E-state index < -0.39 is 4.92 Å². The second-order valence-electron chi connectivity index (χ2n) is 3.59. The van der Waals surface area contributed by atoms with E-state index in [1.165, 1.54) is 12.1 Å². The van der Waals surface area contributed by atoms with Crippen molar-refractivity contribution in [3.63, 3.8) is 0 Å². The summed E-state index contributed by atoms with van der Waals surface area (Å²) >= 11 is 0. The van der Waals surface area contributed by atoms with Crippen LogP contribution in [0.15, 0.2) is 24.3 Å². The highest BCUT2D eigenvalue weighted by molar-refractivity contribution is 5.38. The summed E-state index contributed by atoms with van der Waals surface area (Å²) < 4.78 is 5.53. The van der Waals surface area contributed by atoms with Crippen LogP contribution in [0.5, 0.6) is 5.75 Å². The molecule has 0 spiro atoms. The molecule has 0 N–H and O–H groups in total. The van der Waals surface area contributed by atoms with Gasteiger partial charge in [-0.05, 0) is 13.0 Å². The molecule has 1 aromatic rings. The van der Waals surface area contributed by atoms with Crippen molar-refractivity contribution in [1.82, 2.24) is 0 Å². The van der Waals surface area contributed by atoms with Gasteiger partial charge in [-0.15, -0.1) is 0 Å². The molecule has 0 heterocycles. The first kappa shape index (κ1) is 11.5. The molecule has 1 atom stereocenters. The second-order valence-corrected chi connectivity index (χ2v) is 3.59. The number of nitro benzene ring substituents is 1. The molecule has 0 aliphatic carbocycles. The van der Waals surface area contributed by atoms with E-state index in [1.54, 1.807) is 12.1 Å². The molecule has 1 aromatic carbocycles. The molecule has 0 saturated heterocycles. The van der Waals surface area contributed by atoms with E-state index in [-0.39, 0.29) is 11.8 Å². The first-order valence-electron chi connectivity index (χ1n) is 4.72. The van der Waals surface area contributed by atoms with Crippen molar-refractivity contribution in [1.29, 1.82) is 0 Å². The molecule has 0 fully saturated rings. The maximum absolute atomic E-state index is 10.5. The van der Waals surface area contributed by atoms with E-state index in [2.05, 4.69) is 0 Å². The van der Waals surface area contributed by atoms with Crippen LogP contribution in [-0.2, 0) is 0 Å². The van der Waals surface area contributed by atoms with Gasteiger partial charge in [0.1, 0.15) is 11.9 Å². The van der Waals surface area contributed by atoms with Crippen molar-refractivity contribution in [3.8, 4) is 5.75 Å². The van der Waals surface area contributed by atoms with Crippen molar-refractivity contribution in [2.24, 2.45) is 0 Å². The molecular formula is C11H14NO3. The van der Waals surface area contributed by atoms with E-state index in [1.807, 2.05) is 20.8 Å². The van der Waals surface area contributed by atoms with E-state index >= 15 is 0 Å². The maximum Gasteiger partial charge on any atom is 0.273 e. The van der Waals surface area contributed by atoms with Crippen molar-refractivity contribution < 1.29 is 9.66 Å². The van der Waals surface area contributed by atoms with Crippen LogP contribution < -0.4 is 4.74 Å². The molecule has 4 nitrogen and oxygen atoms in total. The topological polar surface area (TPSA) is 52.4 Å². The van der Waals surface area contributed by atoms with Gasteiger partial charge in [0.15, 0.2) is 0 Å². The number of nitro groups is 1. The number of ether oxygens (including phenoxy) is 1. The van der Waals surface area contributed by atoms with Gasteiger partial charge in [0.2, 0.25) is 0 Å². The van der Waals surface area contributed by atoms with Crippen LogP contribution in [0.2, 0.25) is 0 Å². The maximum atomic E-state index is 10.5. The van der Waals surface area contributed by atoms with Gasteiger partial charge < -0.3 is 4.74 Å². The second kappa shape index (κ2) is 4.77. The Labute approximate surface area is 89.0 Å². The third kappa shape index (κ3) is 3.23. The molecule has 4 heteroatoms. The number of benzene rings is 1. The lowest BCUT2D eigenvalue weighted by Crippen LogP contribution is -2.16. The van der Waals surface area contributed by atoms with E-state index in [0.29, 0.717) is 5.75 Å². The summed E-state index contributed by atoms with van der Waals surface area (Å²) in [5.41, 5.74) is 0.0495. The van der Waals surface area contributed by atoms with Gasteiger partial charge in [-0.3, -0.25) is 10.1 Å². The van der Waals surface area contributed by atoms with Crippen LogP contribution >= 0.6 is 0 Å². The van der Waals surface area contributed by atoms with Gasteiger partial charge in [0.25, 0.3) is 5.69 Å². The Kier molecular flexibility index (Phi) is 3.66. The van der Waals surface area contributed by atoms with Crippen molar-refractivity contribution in [2.45, 2.75) is 26.9 Å². The minimum Gasteiger partial charge on any atom is -0.490 e. The highest BCUT2D eigenvalue weighted by atomic mass is 16.6. The minimum atomic E-state index is -0.431. The predicted molar refractivity (Wildman–Crippen MR) is 57.8 cm³/mol. The van der Waals surface area contributed by atoms with Gasteiger partial charge >= 0.3 is 0 Å². The average molecular weight is 208 g/mol. The monoisotopic (exact) mass is 208 g/mol. The molecule has 1 rings (SSSR count). The van der Waals surface area contributed by atoms with Gasteiger partial charge in [0, 0.05) is 12.0 Å². The van der Waals surface area contributed by atoms with Crippen molar-refractivity contribution >= 4 is 5.69 Å². The number of hydrogen-bond donors (Lipinski definition) is 0. The molecule has 81 valence electrons. The van der Waals surface area contributed by atoms with E-state index in [4.69, 9.17) is 4.74 Å². The summed E-state index contributed by atoms with van der Waals surface area (Å²) in [7, 11) is 0. The summed E-state index contributed by atoms with van der Waals surface area (Å²) in [6, 6.07) is 6.21. The molecular weight excluding hydrogens is 194 g/mol. The fourth-order valence-corrected chi connectivity index (χ4v) is 0.992. The first-order chi connectivity index (χ1) is 7.00. The van der Waals surface area contributed by atoms with Crippen LogP contribution in [0.1, 0.15) is 20.8 Å². The Morgan fingerprint density at radius 2 is 2.13 bits per heavy atom. The SMILES string of the molecule is C[C](C)C(C)Oc1cccc([N+](=O)[O-])c1. The highest BCUT2D eigenvalue weighted by Gasteiger charge is 2.11. The van der Waals surface area contributed by atoms with Crippen molar-refractivity contribution in [2.75, 3.05) is 0 Å². The molecule has 1 unspecified atom stereocenters. The number of non-ortho nitro benzene ring substituents is 1. The fraction of sp³-hybridized carbons (Fsp3) is 0.364. The predicted octanol–water partition coefficient (Wildman–Crippen LogP) is 2.98. The third-order valence-electron chi connectivity index (χ3n) is 2.15. The average Bonchev–Trinajstić information content (AvgIpc) is 2.18. The Hall–Kier alpha value is -1.58. The fourth-order valence-electron chi connectivity index (χ4n) is 0.992. The van der Waals surface area contributed by atoms with Crippen LogP contribution in [-0.4, -0.2) is 11.0 Å². The minimum absolute atomic E-state index is 0.0352. The summed E-state index contributed by atoms with van der Waals surface area (Å²) in [6.07, 6.45) is -0.0352. The zero-order valence-electron chi connectivity index (χ0n) is 9.06. The Balaban J connectivity index is 2.78. The lowest BCUT2D eigenvalue weighted by atomic mass is 10.1. The quantitative estimate of drug-likeness (QED) is 0.564. The molecule has 1 radical (unpaired) electrons. The van der Waals surface area contributed by atoms with Gasteiger partial charge in [0.05, 0.1) is 11.0 Å². The summed E-state index contributed by atoms with van der Waals surface area (Å²) in [6.45, 7) is 5.83. The standard InChI is InChI=1S/C11H14NO3/c1-8(2)9(3)15-11-6-4-5-10(7-11)12(13)14/h4-7,9H,1-3H3. The zero-order valence-corrected chi connectivity index (χ0v) is 9.06. The normalized spacial score (nSPS) is 12.5. The Morgan fingerprint density at radius 3 is 2.67 bits per heavy atom. The zero-order chi connectivity index (χ0) is 11.4. The highest BCUT2D eigenvalue weighted by Crippen LogP contribution is 2.21. The summed E-state index contributed by atoms with van der Waals surface area (Å²) in [4.78, 5) is 10.1. The number of hydrogen-bond acceptors (Lipinski definition) is 3. The largest absolute Gasteiger partial charge is 0.490 e. The van der Waals surface area contributed by atoms with Crippen LogP contribution in [0, 0.1) is 16.0 Å². The molecule has 0 saturated carbocycles. The summed E-state index contributed by atoms with van der Waals surface area (Å²) in [5.74, 6) is 1.65. The molecule has 0 aliphatic heterocycles. The van der Waals surface area contributed by atoms with E-state index in [9.17, 15) is 10.1 Å². The van der Waals surface area contributed by atoms with Crippen LogP contribution in [0.4, 0.5) is 5.69 Å². The number of rotatable bonds is 4. The first-order valence-corrected chi connectivity index (χ1v) is 4.72. The number of nitrogens with zero attached hydrogens (tertiary/aromatic N) is 1. The summed E-state index contributed by atoms with van der Waals surface area (Å²) in [5, 5.41) is 10.5. The van der Waals surface area contributed by atoms with Crippen LogP contribution in [0.25, 0.3) is 0 Å².